The predicted octanol–water partition coefficient (Wildman–Crippen LogP) is 2.94. The van der Waals surface area contributed by atoms with E-state index in [4.69, 9.17) is 0 Å². The van der Waals surface area contributed by atoms with Crippen LogP contribution >= 0.6 is 33.9 Å². The molecule has 0 aliphatic carbocycles. The van der Waals surface area contributed by atoms with Crippen molar-refractivity contribution in [3.8, 4) is 10.8 Å². The molecule has 6 heteroatoms. The third-order valence-electron chi connectivity index (χ3n) is 1.90. The van der Waals surface area contributed by atoms with Gasteiger partial charge in [0.25, 0.3) is 0 Å². The van der Waals surface area contributed by atoms with Gasteiger partial charge in [0.15, 0.2) is 10.8 Å². The molecule has 0 atom stereocenters. The molecule has 0 aliphatic heterocycles. The fourth-order valence-corrected chi connectivity index (χ4v) is 2.40. The van der Waals surface area contributed by atoms with E-state index < -0.39 is 0 Å². The van der Waals surface area contributed by atoms with Crippen LogP contribution in [0, 0.1) is 10.5 Å². The maximum atomic E-state index is 4.46. The molecular formula is C10H11IN4S. The van der Waals surface area contributed by atoms with Gasteiger partial charge < -0.3 is 5.32 Å². The van der Waals surface area contributed by atoms with Gasteiger partial charge in [-0.15, -0.1) is 11.3 Å². The molecule has 84 valence electrons. The zero-order valence-corrected chi connectivity index (χ0v) is 12.0. The van der Waals surface area contributed by atoms with Crippen molar-refractivity contribution in [2.45, 2.75) is 13.8 Å². The first kappa shape index (κ1) is 11.7. The molecule has 2 rings (SSSR count). The number of aromatic nitrogens is 3. The highest BCUT2D eigenvalue weighted by Crippen LogP contribution is 2.23. The lowest BCUT2D eigenvalue weighted by atomic mass is 10.5. The lowest BCUT2D eigenvalue weighted by molar-refractivity contribution is 1.09. The van der Waals surface area contributed by atoms with Crippen LogP contribution in [-0.2, 0) is 0 Å². The van der Waals surface area contributed by atoms with Gasteiger partial charge in [-0.25, -0.2) is 15.0 Å². The van der Waals surface area contributed by atoms with Gasteiger partial charge in [0.2, 0.25) is 0 Å². The van der Waals surface area contributed by atoms with E-state index in [0.29, 0.717) is 5.82 Å². The van der Waals surface area contributed by atoms with E-state index in [1.807, 2.05) is 25.4 Å². The van der Waals surface area contributed by atoms with Crippen molar-refractivity contribution in [3.05, 3.63) is 20.8 Å². The molecule has 0 fully saturated rings. The molecule has 0 bridgehead atoms. The molecule has 0 amide bonds. The van der Waals surface area contributed by atoms with E-state index >= 15 is 0 Å². The van der Waals surface area contributed by atoms with Crippen LogP contribution in [0.15, 0.2) is 11.6 Å². The van der Waals surface area contributed by atoms with Crippen LogP contribution in [0.3, 0.4) is 0 Å². The second-order valence-corrected chi connectivity index (χ2v) is 5.23. The summed E-state index contributed by atoms with van der Waals surface area (Å²) in [5.74, 6) is 1.57. The van der Waals surface area contributed by atoms with Gasteiger partial charge in [-0.1, -0.05) is 0 Å². The van der Waals surface area contributed by atoms with Crippen LogP contribution in [-0.4, -0.2) is 21.5 Å². The summed E-state index contributed by atoms with van der Waals surface area (Å²) in [4.78, 5) is 13.1. The molecule has 2 aromatic heterocycles. The van der Waals surface area contributed by atoms with Gasteiger partial charge in [0.1, 0.15) is 5.82 Å². The van der Waals surface area contributed by atoms with Crippen LogP contribution in [0.2, 0.25) is 0 Å². The van der Waals surface area contributed by atoms with Crippen molar-refractivity contribution in [1.82, 2.24) is 15.0 Å². The van der Waals surface area contributed by atoms with Crippen molar-refractivity contribution >= 4 is 39.7 Å². The maximum Gasteiger partial charge on any atom is 0.190 e. The summed E-state index contributed by atoms with van der Waals surface area (Å²) in [6.07, 6.45) is 1.82. The smallest absolute Gasteiger partial charge is 0.190 e. The maximum absolute atomic E-state index is 4.46. The largest absolute Gasteiger partial charge is 0.369 e. The lowest BCUT2D eigenvalue weighted by Gasteiger charge is -2.05. The molecule has 0 unspecified atom stereocenters. The number of halogens is 1. The third kappa shape index (κ3) is 2.49. The number of anilines is 1. The van der Waals surface area contributed by atoms with E-state index in [9.17, 15) is 0 Å². The summed E-state index contributed by atoms with van der Waals surface area (Å²) in [6, 6.07) is 0. The van der Waals surface area contributed by atoms with Gasteiger partial charge in [-0.2, -0.15) is 0 Å². The average molecular weight is 346 g/mol. The first-order chi connectivity index (χ1) is 7.70. The second-order valence-electron chi connectivity index (χ2n) is 3.21. The highest BCUT2D eigenvalue weighted by atomic mass is 127. The SMILES string of the molecule is CCNc1nc(-c2nc(C)cs2)ncc1I. The normalized spacial score (nSPS) is 10.4. The minimum Gasteiger partial charge on any atom is -0.369 e. The van der Waals surface area contributed by atoms with Gasteiger partial charge in [-0.05, 0) is 36.4 Å². The van der Waals surface area contributed by atoms with Gasteiger partial charge >= 0.3 is 0 Å². The Morgan fingerprint density at radius 1 is 1.44 bits per heavy atom. The summed E-state index contributed by atoms with van der Waals surface area (Å²) in [6.45, 7) is 4.87. The average Bonchev–Trinajstić information content (AvgIpc) is 2.69. The summed E-state index contributed by atoms with van der Waals surface area (Å²) < 4.78 is 1.02. The first-order valence-corrected chi connectivity index (χ1v) is 6.85. The van der Waals surface area contributed by atoms with Crippen molar-refractivity contribution < 1.29 is 0 Å². The Morgan fingerprint density at radius 2 is 2.25 bits per heavy atom. The second kappa shape index (κ2) is 5.05. The van der Waals surface area contributed by atoms with E-state index in [2.05, 4.69) is 42.9 Å². The van der Waals surface area contributed by atoms with Crippen LogP contribution < -0.4 is 5.32 Å². The van der Waals surface area contributed by atoms with Crippen LogP contribution in [0.1, 0.15) is 12.6 Å². The molecule has 4 nitrogen and oxygen atoms in total. The zero-order valence-electron chi connectivity index (χ0n) is 8.99. The minimum absolute atomic E-state index is 0.689. The quantitative estimate of drug-likeness (QED) is 0.869. The van der Waals surface area contributed by atoms with E-state index in [0.717, 1.165) is 26.6 Å². The Balaban J connectivity index is 2.39. The van der Waals surface area contributed by atoms with Crippen molar-refractivity contribution in [2.24, 2.45) is 0 Å². The third-order valence-corrected chi connectivity index (χ3v) is 3.64. The van der Waals surface area contributed by atoms with Gasteiger partial charge in [0.05, 0.1) is 3.57 Å². The molecule has 1 N–H and O–H groups in total. The summed E-state index contributed by atoms with van der Waals surface area (Å²) >= 11 is 3.79. The standard InChI is InChI=1S/C10H11IN4S/c1-3-12-8-7(11)4-13-9(15-8)10-14-6(2)5-16-10/h4-5H,3H2,1-2H3,(H,12,13,15). The number of thiazole rings is 1. The Labute approximate surface area is 112 Å². The van der Waals surface area contributed by atoms with Crippen molar-refractivity contribution in [1.29, 1.82) is 0 Å². The Morgan fingerprint density at radius 3 is 2.88 bits per heavy atom. The van der Waals surface area contributed by atoms with Crippen molar-refractivity contribution in [3.63, 3.8) is 0 Å². The summed E-state index contributed by atoms with van der Waals surface area (Å²) in [5.41, 5.74) is 1.01. The fourth-order valence-electron chi connectivity index (χ4n) is 1.22. The predicted molar refractivity (Wildman–Crippen MR) is 74.8 cm³/mol. The Hall–Kier alpha value is -0.760. The number of nitrogens with one attached hydrogen (secondary N) is 1. The molecule has 16 heavy (non-hydrogen) atoms. The van der Waals surface area contributed by atoms with Crippen LogP contribution in [0.25, 0.3) is 10.8 Å². The Kier molecular flexibility index (Phi) is 3.70. The molecular weight excluding hydrogens is 335 g/mol. The first-order valence-electron chi connectivity index (χ1n) is 4.89. The molecule has 0 radical (unpaired) electrons. The van der Waals surface area contributed by atoms with Gasteiger partial charge in [-0.3, -0.25) is 0 Å². The molecule has 0 saturated heterocycles. The van der Waals surface area contributed by atoms with Crippen LogP contribution in [0.4, 0.5) is 5.82 Å². The summed E-state index contributed by atoms with van der Waals surface area (Å²) in [7, 11) is 0. The van der Waals surface area contributed by atoms with Gasteiger partial charge in [0, 0.05) is 23.8 Å². The Bertz CT molecular complexity index is 497. The molecule has 2 aromatic rings. The number of hydrogen-bond donors (Lipinski definition) is 1. The van der Waals surface area contributed by atoms with Crippen LogP contribution in [0.5, 0.6) is 0 Å². The highest BCUT2D eigenvalue weighted by molar-refractivity contribution is 14.1. The molecule has 0 spiro atoms. The van der Waals surface area contributed by atoms with Crippen molar-refractivity contribution in [2.75, 3.05) is 11.9 Å². The number of rotatable bonds is 3. The lowest BCUT2D eigenvalue weighted by Crippen LogP contribution is -2.03. The molecule has 0 aromatic carbocycles. The molecule has 2 heterocycles. The topological polar surface area (TPSA) is 50.7 Å². The molecule has 0 saturated carbocycles. The number of hydrogen-bond acceptors (Lipinski definition) is 5. The van der Waals surface area contributed by atoms with E-state index in [1.165, 1.54) is 0 Å². The fraction of sp³-hybridized carbons (Fsp3) is 0.300. The van der Waals surface area contributed by atoms with E-state index in [1.54, 1.807) is 11.3 Å². The zero-order chi connectivity index (χ0) is 11.5. The molecule has 0 aliphatic rings. The number of nitrogens with zero attached hydrogens (tertiary/aromatic N) is 3. The highest BCUT2D eigenvalue weighted by Gasteiger charge is 2.09. The van der Waals surface area contributed by atoms with E-state index in [-0.39, 0.29) is 0 Å². The monoisotopic (exact) mass is 346 g/mol. The summed E-state index contributed by atoms with van der Waals surface area (Å²) in [5, 5.41) is 6.08. The number of aryl methyl sites for hydroxylation is 1. The minimum atomic E-state index is 0.689.